The van der Waals surface area contributed by atoms with Crippen molar-refractivity contribution in [3.05, 3.63) is 29.7 Å². The number of amides is 1. The zero-order chi connectivity index (χ0) is 16.4. The number of hydrogen-bond donors (Lipinski definition) is 1. The van der Waals surface area contributed by atoms with Gasteiger partial charge in [-0.1, -0.05) is 19.0 Å². The number of hydrogen-bond acceptors (Lipinski definition) is 5. The van der Waals surface area contributed by atoms with Crippen molar-refractivity contribution in [2.75, 3.05) is 18.4 Å². The van der Waals surface area contributed by atoms with Gasteiger partial charge in [-0.25, -0.2) is 0 Å². The summed E-state index contributed by atoms with van der Waals surface area (Å²) in [5.41, 5.74) is 2.01. The third kappa shape index (κ3) is 3.61. The fraction of sp³-hybridized carbons (Fsp3) is 0.562. The summed E-state index contributed by atoms with van der Waals surface area (Å²) >= 11 is 0. The van der Waals surface area contributed by atoms with Gasteiger partial charge < -0.3 is 4.52 Å². The number of nitrogens with zero attached hydrogens (tertiary/aromatic N) is 4. The van der Waals surface area contributed by atoms with Crippen LogP contribution in [0, 0.1) is 0 Å². The van der Waals surface area contributed by atoms with Crippen molar-refractivity contribution in [3.8, 4) is 0 Å². The third-order valence-corrected chi connectivity index (χ3v) is 4.20. The van der Waals surface area contributed by atoms with E-state index in [9.17, 15) is 4.79 Å². The standard InChI is InChI=1S/C16H23N5O2/c1-11(2)13-7-16(23-19-13)18-15(22)10-21-6-4-5-14(21)12-8-17-20(3)9-12/h7-9,11,14H,4-6,10H2,1-3H3,(H,18,22)/t14-/m0/s1. The van der Waals surface area contributed by atoms with E-state index in [0.717, 1.165) is 25.1 Å². The number of carbonyl (C=O) groups excluding carboxylic acids is 1. The Balaban J connectivity index is 1.60. The molecule has 7 heteroatoms. The molecule has 0 unspecified atom stereocenters. The summed E-state index contributed by atoms with van der Waals surface area (Å²) < 4.78 is 6.96. The van der Waals surface area contributed by atoms with Crippen molar-refractivity contribution < 1.29 is 9.32 Å². The van der Waals surface area contributed by atoms with Crippen molar-refractivity contribution in [1.29, 1.82) is 0 Å². The smallest absolute Gasteiger partial charge is 0.240 e. The van der Waals surface area contributed by atoms with Crippen molar-refractivity contribution >= 4 is 11.8 Å². The zero-order valence-electron chi connectivity index (χ0n) is 13.8. The molecule has 2 aromatic rings. The molecule has 1 fully saturated rings. The van der Waals surface area contributed by atoms with Gasteiger partial charge in [0.05, 0.1) is 18.4 Å². The van der Waals surface area contributed by atoms with E-state index in [2.05, 4.69) is 20.5 Å². The van der Waals surface area contributed by atoms with Crippen LogP contribution in [0.25, 0.3) is 0 Å². The lowest BCUT2D eigenvalue weighted by atomic mass is 10.1. The minimum absolute atomic E-state index is 0.0766. The number of likely N-dealkylation sites (tertiary alicyclic amines) is 1. The number of rotatable bonds is 5. The highest BCUT2D eigenvalue weighted by molar-refractivity contribution is 5.91. The highest BCUT2D eigenvalue weighted by Gasteiger charge is 2.28. The van der Waals surface area contributed by atoms with E-state index in [-0.39, 0.29) is 17.9 Å². The molecule has 0 radical (unpaired) electrons. The lowest BCUT2D eigenvalue weighted by molar-refractivity contribution is -0.117. The van der Waals surface area contributed by atoms with E-state index >= 15 is 0 Å². The Kier molecular flexibility index (Phi) is 4.47. The lowest BCUT2D eigenvalue weighted by Gasteiger charge is -2.22. The zero-order valence-corrected chi connectivity index (χ0v) is 13.8. The molecule has 124 valence electrons. The molecule has 1 aliphatic rings. The SMILES string of the molecule is CC(C)c1cc(NC(=O)CN2CCC[C@H]2c2cnn(C)c2)on1. The topological polar surface area (TPSA) is 76.2 Å². The molecule has 0 spiro atoms. The Morgan fingerprint density at radius 1 is 1.52 bits per heavy atom. The fourth-order valence-electron chi connectivity index (χ4n) is 2.99. The number of aryl methyl sites for hydroxylation is 1. The first-order valence-corrected chi connectivity index (χ1v) is 8.02. The van der Waals surface area contributed by atoms with E-state index in [1.165, 1.54) is 5.56 Å². The molecule has 1 amide bonds. The maximum atomic E-state index is 12.3. The van der Waals surface area contributed by atoms with Crippen molar-refractivity contribution in [3.63, 3.8) is 0 Å². The first kappa shape index (κ1) is 15.7. The third-order valence-electron chi connectivity index (χ3n) is 4.20. The maximum absolute atomic E-state index is 12.3. The van der Waals surface area contributed by atoms with Crippen LogP contribution < -0.4 is 5.32 Å². The van der Waals surface area contributed by atoms with Crippen LogP contribution in [0.1, 0.15) is 49.9 Å². The minimum atomic E-state index is -0.0766. The summed E-state index contributed by atoms with van der Waals surface area (Å²) in [5.74, 6) is 0.612. The van der Waals surface area contributed by atoms with Gasteiger partial charge in [-0.15, -0.1) is 0 Å². The van der Waals surface area contributed by atoms with Crippen LogP contribution in [-0.4, -0.2) is 38.8 Å². The van der Waals surface area contributed by atoms with Gasteiger partial charge in [0, 0.05) is 30.9 Å². The second kappa shape index (κ2) is 6.54. The van der Waals surface area contributed by atoms with Crippen LogP contribution in [-0.2, 0) is 11.8 Å². The molecule has 1 atom stereocenters. The molecular weight excluding hydrogens is 294 g/mol. The van der Waals surface area contributed by atoms with Crippen molar-refractivity contribution in [2.24, 2.45) is 7.05 Å². The first-order chi connectivity index (χ1) is 11.0. The maximum Gasteiger partial charge on any atom is 0.240 e. The van der Waals surface area contributed by atoms with Crippen LogP contribution in [0.15, 0.2) is 23.0 Å². The minimum Gasteiger partial charge on any atom is -0.338 e. The van der Waals surface area contributed by atoms with Gasteiger partial charge in [-0.2, -0.15) is 5.10 Å². The van der Waals surface area contributed by atoms with E-state index in [1.807, 2.05) is 33.3 Å². The molecule has 0 bridgehead atoms. The van der Waals surface area contributed by atoms with Crippen molar-refractivity contribution in [2.45, 2.75) is 38.6 Å². The summed E-state index contributed by atoms with van der Waals surface area (Å²) in [6.07, 6.45) is 6.05. The Hall–Kier alpha value is -2.15. The number of anilines is 1. The first-order valence-electron chi connectivity index (χ1n) is 8.02. The summed E-state index contributed by atoms with van der Waals surface area (Å²) in [7, 11) is 1.91. The number of nitrogens with one attached hydrogen (secondary N) is 1. The molecule has 23 heavy (non-hydrogen) atoms. The molecule has 3 heterocycles. The number of aromatic nitrogens is 3. The molecule has 1 saturated heterocycles. The number of carbonyl (C=O) groups is 1. The Bertz CT molecular complexity index is 676. The molecule has 1 N–H and O–H groups in total. The van der Waals surface area contributed by atoms with Gasteiger partial charge in [0.1, 0.15) is 0 Å². The van der Waals surface area contributed by atoms with Crippen LogP contribution >= 0.6 is 0 Å². The monoisotopic (exact) mass is 317 g/mol. The van der Waals surface area contributed by atoms with Crippen LogP contribution in [0.4, 0.5) is 5.88 Å². The predicted octanol–water partition coefficient (Wildman–Crippen LogP) is 2.31. The normalized spacial score (nSPS) is 18.7. The molecule has 3 rings (SSSR count). The molecule has 2 aromatic heterocycles. The second-order valence-electron chi connectivity index (χ2n) is 6.39. The quantitative estimate of drug-likeness (QED) is 0.916. The van der Waals surface area contributed by atoms with Gasteiger partial charge >= 0.3 is 0 Å². The summed E-state index contributed by atoms with van der Waals surface area (Å²) in [5, 5.41) is 11.0. The average Bonchev–Trinajstić information content (AvgIpc) is 3.19. The highest BCUT2D eigenvalue weighted by atomic mass is 16.5. The van der Waals surface area contributed by atoms with Gasteiger partial charge in [0.25, 0.3) is 0 Å². The fourth-order valence-corrected chi connectivity index (χ4v) is 2.99. The van der Waals surface area contributed by atoms with E-state index in [0.29, 0.717) is 12.4 Å². The largest absolute Gasteiger partial charge is 0.338 e. The van der Waals surface area contributed by atoms with E-state index in [1.54, 1.807) is 10.7 Å². The van der Waals surface area contributed by atoms with Gasteiger partial charge in [0.15, 0.2) is 0 Å². The summed E-state index contributed by atoms with van der Waals surface area (Å²) in [6.45, 7) is 5.33. The molecule has 7 nitrogen and oxygen atoms in total. The molecule has 0 aliphatic carbocycles. The molecule has 0 aromatic carbocycles. The highest BCUT2D eigenvalue weighted by Crippen LogP contribution is 2.31. The lowest BCUT2D eigenvalue weighted by Crippen LogP contribution is -2.32. The van der Waals surface area contributed by atoms with E-state index < -0.39 is 0 Å². The van der Waals surface area contributed by atoms with E-state index in [4.69, 9.17) is 4.52 Å². The summed E-state index contributed by atoms with van der Waals surface area (Å²) in [4.78, 5) is 14.5. The Morgan fingerprint density at radius 2 is 2.35 bits per heavy atom. The van der Waals surface area contributed by atoms with Crippen LogP contribution in [0.5, 0.6) is 0 Å². The van der Waals surface area contributed by atoms with Crippen molar-refractivity contribution in [1.82, 2.24) is 19.8 Å². The van der Waals surface area contributed by atoms with Crippen LogP contribution in [0.2, 0.25) is 0 Å². The van der Waals surface area contributed by atoms with Crippen LogP contribution in [0.3, 0.4) is 0 Å². The second-order valence-corrected chi connectivity index (χ2v) is 6.39. The van der Waals surface area contributed by atoms with Gasteiger partial charge in [0.2, 0.25) is 11.8 Å². The Morgan fingerprint density at radius 3 is 3.00 bits per heavy atom. The average molecular weight is 317 g/mol. The molecular formula is C16H23N5O2. The predicted molar refractivity (Wildman–Crippen MR) is 86.0 cm³/mol. The summed E-state index contributed by atoms with van der Waals surface area (Å²) in [6, 6.07) is 2.04. The Labute approximate surface area is 135 Å². The van der Waals surface area contributed by atoms with Gasteiger partial charge in [-0.05, 0) is 25.3 Å². The molecule has 1 aliphatic heterocycles. The molecule has 0 saturated carbocycles. The van der Waals surface area contributed by atoms with Gasteiger partial charge in [-0.3, -0.25) is 19.7 Å².